The minimum absolute atomic E-state index is 0.198. The lowest BCUT2D eigenvalue weighted by molar-refractivity contribution is -0.0458. The SMILES string of the molecule is COc1ccc(C(Nc2ccn([C@@H]3C[C@H](O)C(CO)O3)c(=O)n2)(c2ccccc2)c2ccccc2)cc1. The number of ether oxygens (including phenoxy) is 2. The van der Waals surface area contributed by atoms with E-state index in [4.69, 9.17) is 9.47 Å². The smallest absolute Gasteiger partial charge is 0.351 e. The van der Waals surface area contributed by atoms with Crippen LogP contribution in [0.3, 0.4) is 0 Å². The van der Waals surface area contributed by atoms with Crippen molar-refractivity contribution >= 4 is 5.82 Å². The van der Waals surface area contributed by atoms with Crippen LogP contribution in [0.1, 0.15) is 29.3 Å². The maximum absolute atomic E-state index is 13.1. The monoisotopic (exact) mass is 499 g/mol. The molecule has 4 aromatic rings. The molecule has 2 heterocycles. The van der Waals surface area contributed by atoms with Crippen molar-refractivity contribution in [2.24, 2.45) is 0 Å². The van der Waals surface area contributed by atoms with Gasteiger partial charge in [0, 0.05) is 12.6 Å². The van der Waals surface area contributed by atoms with Crippen LogP contribution in [0.2, 0.25) is 0 Å². The summed E-state index contributed by atoms with van der Waals surface area (Å²) in [5.41, 5.74) is 1.47. The fourth-order valence-corrected chi connectivity index (χ4v) is 4.88. The first-order valence-electron chi connectivity index (χ1n) is 12.1. The van der Waals surface area contributed by atoms with Crippen LogP contribution in [0, 0.1) is 0 Å². The van der Waals surface area contributed by atoms with Gasteiger partial charge >= 0.3 is 5.69 Å². The van der Waals surface area contributed by atoms with Gasteiger partial charge < -0.3 is 25.0 Å². The van der Waals surface area contributed by atoms with E-state index in [1.54, 1.807) is 19.4 Å². The number of aromatic nitrogens is 2. The molecule has 3 N–H and O–H groups in total. The van der Waals surface area contributed by atoms with Crippen molar-refractivity contribution < 1.29 is 19.7 Å². The van der Waals surface area contributed by atoms with E-state index in [1.807, 2.05) is 84.9 Å². The van der Waals surface area contributed by atoms with E-state index in [2.05, 4.69) is 10.3 Å². The Balaban J connectivity index is 1.61. The molecule has 3 atom stereocenters. The highest BCUT2D eigenvalue weighted by Crippen LogP contribution is 2.40. The lowest BCUT2D eigenvalue weighted by Crippen LogP contribution is -2.39. The Kier molecular flexibility index (Phi) is 7.05. The van der Waals surface area contributed by atoms with Crippen molar-refractivity contribution in [3.05, 3.63) is 124 Å². The van der Waals surface area contributed by atoms with E-state index in [9.17, 15) is 15.0 Å². The molecular weight excluding hydrogens is 470 g/mol. The highest BCUT2D eigenvalue weighted by atomic mass is 16.5. The van der Waals surface area contributed by atoms with E-state index in [0.29, 0.717) is 5.82 Å². The van der Waals surface area contributed by atoms with Crippen LogP contribution in [-0.4, -0.2) is 45.7 Å². The lowest BCUT2D eigenvalue weighted by atomic mass is 9.77. The van der Waals surface area contributed by atoms with Crippen molar-refractivity contribution in [2.45, 2.75) is 30.4 Å². The summed E-state index contributed by atoms with van der Waals surface area (Å²) in [7, 11) is 1.63. The molecule has 3 aromatic carbocycles. The Morgan fingerprint density at radius 1 is 0.973 bits per heavy atom. The van der Waals surface area contributed by atoms with Gasteiger partial charge in [0.25, 0.3) is 0 Å². The molecule has 8 heteroatoms. The number of hydrogen-bond acceptors (Lipinski definition) is 7. The average molecular weight is 500 g/mol. The topological polar surface area (TPSA) is 106 Å². The van der Waals surface area contributed by atoms with Gasteiger partial charge in [-0.1, -0.05) is 72.8 Å². The predicted octanol–water partition coefficient (Wildman–Crippen LogP) is 3.30. The molecule has 0 spiro atoms. The largest absolute Gasteiger partial charge is 0.497 e. The number of nitrogens with one attached hydrogen (secondary N) is 1. The van der Waals surface area contributed by atoms with E-state index >= 15 is 0 Å². The number of hydrogen-bond donors (Lipinski definition) is 3. The van der Waals surface area contributed by atoms with Crippen molar-refractivity contribution in [1.82, 2.24) is 9.55 Å². The summed E-state index contributed by atoms with van der Waals surface area (Å²) in [5, 5.41) is 23.1. The quantitative estimate of drug-likeness (QED) is 0.320. The van der Waals surface area contributed by atoms with Gasteiger partial charge in [-0.05, 0) is 34.9 Å². The van der Waals surface area contributed by atoms with Gasteiger partial charge in [0.05, 0.1) is 19.8 Å². The predicted molar refractivity (Wildman–Crippen MR) is 139 cm³/mol. The first kappa shape index (κ1) is 24.7. The minimum atomic E-state index is -0.873. The standard InChI is InChI=1S/C29H29N3O5/c1-36-23-14-12-22(13-15-23)29(20-8-4-2-5-9-20,21-10-6-3-7-11-21)31-26-16-17-32(28(35)30-26)27-18-24(34)25(19-33)37-27/h2-17,24-25,27,33-34H,18-19H2,1H3,(H,30,31,35)/t24-,25?,27-/m0/s1. The second-order valence-corrected chi connectivity index (χ2v) is 8.95. The number of anilines is 1. The molecule has 1 aliphatic rings. The molecule has 0 amide bonds. The molecule has 1 saturated heterocycles. The third-order valence-electron chi connectivity index (χ3n) is 6.78. The van der Waals surface area contributed by atoms with Gasteiger partial charge in [-0.25, -0.2) is 4.79 Å². The Labute approximate surface area is 214 Å². The fourth-order valence-electron chi connectivity index (χ4n) is 4.88. The van der Waals surface area contributed by atoms with E-state index in [0.717, 1.165) is 22.4 Å². The summed E-state index contributed by atoms with van der Waals surface area (Å²) < 4.78 is 12.4. The van der Waals surface area contributed by atoms with Crippen LogP contribution in [-0.2, 0) is 10.3 Å². The van der Waals surface area contributed by atoms with Crippen LogP contribution in [0.15, 0.2) is 102 Å². The van der Waals surface area contributed by atoms with Crippen LogP contribution in [0.4, 0.5) is 5.82 Å². The Morgan fingerprint density at radius 2 is 1.57 bits per heavy atom. The van der Waals surface area contributed by atoms with Gasteiger partial charge in [0.1, 0.15) is 29.4 Å². The lowest BCUT2D eigenvalue weighted by Gasteiger charge is -2.37. The summed E-state index contributed by atoms with van der Waals surface area (Å²) in [4.78, 5) is 17.4. The van der Waals surface area contributed by atoms with Crippen molar-refractivity contribution in [3.8, 4) is 5.75 Å². The molecule has 37 heavy (non-hydrogen) atoms. The second kappa shape index (κ2) is 10.6. The summed E-state index contributed by atoms with van der Waals surface area (Å²) in [5.74, 6) is 1.11. The number of benzene rings is 3. The van der Waals surface area contributed by atoms with Gasteiger partial charge in [0.2, 0.25) is 0 Å². The molecule has 1 fully saturated rings. The molecule has 5 rings (SSSR count). The zero-order valence-corrected chi connectivity index (χ0v) is 20.4. The molecule has 0 saturated carbocycles. The third-order valence-corrected chi connectivity index (χ3v) is 6.78. The summed E-state index contributed by atoms with van der Waals surface area (Å²) in [6.45, 7) is -0.321. The molecule has 1 aliphatic heterocycles. The molecule has 0 radical (unpaired) electrons. The van der Waals surface area contributed by atoms with Gasteiger partial charge in [-0.3, -0.25) is 4.57 Å². The Bertz CT molecular complexity index is 1340. The molecule has 8 nitrogen and oxygen atoms in total. The van der Waals surface area contributed by atoms with E-state index < -0.39 is 29.7 Å². The van der Waals surface area contributed by atoms with Gasteiger partial charge in [-0.2, -0.15) is 4.98 Å². The van der Waals surface area contributed by atoms with Crippen molar-refractivity contribution in [3.63, 3.8) is 0 Å². The van der Waals surface area contributed by atoms with Crippen LogP contribution in [0.5, 0.6) is 5.75 Å². The third kappa shape index (κ3) is 4.74. The van der Waals surface area contributed by atoms with Crippen molar-refractivity contribution in [2.75, 3.05) is 19.0 Å². The number of rotatable bonds is 8. The normalized spacial score (nSPS) is 19.5. The minimum Gasteiger partial charge on any atom is -0.497 e. The summed E-state index contributed by atoms with van der Waals surface area (Å²) >= 11 is 0. The van der Waals surface area contributed by atoms with Crippen LogP contribution < -0.4 is 15.7 Å². The summed E-state index contributed by atoms with van der Waals surface area (Å²) in [6.07, 6.45) is -0.476. The molecule has 190 valence electrons. The van der Waals surface area contributed by atoms with Gasteiger partial charge in [0.15, 0.2) is 0 Å². The number of aliphatic hydroxyl groups excluding tert-OH is 2. The zero-order chi connectivity index (χ0) is 25.8. The van der Waals surface area contributed by atoms with Crippen LogP contribution in [0.25, 0.3) is 0 Å². The first-order valence-corrected chi connectivity index (χ1v) is 12.1. The zero-order valence-electron chi connectivity index (χ0n) is 20.4. The fraction of sp³-hybridized carbons (Fsp3) is 0.241. The first-order chi connectivity index (χ1) is 18.0. The van der Waals surface area contributed by atoms with E-state index in [-0.39, 0.29) is 13.0 Å². The maximum atomic E-state index is 13.1. The highest BCUT2D eigenvalue weighted by molar-refractivity contribution is 5.58. The molecular formula is C29H29N3O5. The molecule has 1 aromatic heterocycles. The average Bonchev–Trinajstić information content (AvgIpc) is 3.33. The van der Waals surface area contributed by atoms with Crippen molar-refractivity contribution in [1.29, 1.82) is 0 Å². The van der Waals surface area contributed by atoms with Crippen LogP contribution >= 0.6 is 0 Å². The summed E-state index contributed by atoms with van der Waals surface area (Å²) in [6, 6.07) is 29.5. The number of methoxy groups -OCH3 is 1. The molecule has 0 bridgehead atoms. The van der Waals surface area contributed by atoms with Gasteiger partial charge in [-0.15, -0.1) is 0 Å². The molecule has 0 aliphatic carbocycles. The molecule has 1 unspecified atom stereocenters. The number of nitrogens with zero attached hydrogens (tertiary/aromatic N) is 2. The number of aliphatic hydroxyl groups is 2. The maximum Gasteiger partial charge on any atom is 0.351 e. The second-order valence-electron chi connectivity index (χ2n) is 8.95. The highest BCUT2D eigenvalue weighted by Gasteiger charge is 2.38. The van der Waals surface area contributed by atoms with E-state index in [1.165, 1.54) is 4.57 Å². The Hall–Kier alpha value is -3.98. The Morgan fingerprint density at radius 3 is 2.08 bits per heavy atom.